The van der Waals surface area contributed by atoms with Crippen LogP contribution in [0.15, 0.2) is 0 Å². The summed E-state index contributed by atoms with van der Waals surface area (Å²) >= 11 is 0. The van der Waals surface area contributed by atoms with E-state index in [0.29, 0.717) is 11.1 Å². The van der Waals surface area contributed by atoms with E-state index in [-0.39, 0.29) is 18.1 Å². The fourth-order valence-corrected chi connectivity index (χ4v) is 3.49. The topological polar surface area (TPSA) is 51.0 Å². The van der Waals surface area contributed by atoms with Crippen LogP contribution in [-0.4, -0.2) is 34.4 Å². The predicted molar refractivity (Wildman–Crippen MR) is 66.8 cm³/mol. The molecule has 1 saturated carbocycles. The number of hydrogen-bond donors (Lipinski definition) is 2. The smallest absolute Gasteiger partial charge is 0.0861 e. The molecular weight excluding hydrogens is 216 g/mol. The lowest BCUT2D eigenvalue weighted by atomic mass is 9.90. The third-order valence-corrected chi connectivity index (χ3v) is 4.55. The molecular formula is C13H26N2O2. The first-order valence-corrected chi connectivity index (χ1v) is 7.10. The zero-order valence-electron chi connectivity index (χ0n) is 11.1. The van der Waals surface area contributed by atoms with Crippen LogP contribution in [0.2, 0.25) is 0 Å². The van der Waals surface area contributed by atoms with Crippen molar-refractivity contribution in [2.24, 2.45) is 0 Å². The van der Waals surface area contributed by atoms with Gasteiger partial charge in [-0.05, 0) is 26.7 Å². The highest BCUT2D eigenvalue weighted by atomic mass is 16.5. The molecule has 0 spiro atoms. The molecule has 0 bridgehead atoms. The second-order valence-electron chi connectivity index (χ2n) is 6.00. The summed E-state index contributed by atoms with van der Waals surface area (Å²) < 4.78 is 0. The Morgan fingerprint density at radius 3 is 2.06 bits per heavy atom. The van der Waals surface area contributed by atoms with Gasteiger partial charge < -0.3 is 15.5 Å². The van der Waals surface area contributed by atoms with E-state index in [0.717, 1.165) is 25.7 Å². The fraction of sp³-hybridized carbons (Fsp3) is 1.00. The van der Waals surface area contributed by atoms with E-state index >= 15 is 0 Å². The van der Waals surface area contributed by atoms with Crippen molar-refractivity contribution in [1.82, 2.24) is 5.06 Å². The fourth-order valence-electron chi connectivity index (χ4n) is 3.49. The van der Waals surface area contributed by atoms with E-state index in [4.69, 9.17) is 0 Å². The van der Waals surface area contributed by atoms with Gasteiger partial charge in [0, 0.05) is 24.9 Å². The van der Waals surface area contributed by atoms with E-state index in [1.807, 2.05) is 13.8 Å². The standard InChI is InChI=1S/C13H26N2O2/c1-10-8-13(9-11(2)14(10)16)15(17)12-6-4-3-5-7-12/h10-14,17H,3-9H2,1-2H3. The van der Waals surface area contributed by atoms with Crippen LogP contribution in [0.3, 0.4) is 0 Å². The summed E-state index contributed by atoms with van der Waals surface area (Å²) in [7, 11) is 0. The van der Waals surface area contributed by atoms with Crippen LogP contribution in [0.25, 0.3) is 0 Å². The highest BCUT2D eigenvalue weighted by Crippen LogP contribution is 2.26. The highest BCUT2D eigenvalue weighted by Gasteiger charge is 2.35. The van der Waals surface area contributed by atoms with Crippen molar-refractivity contribution < 1.29 is 10.3 Å². The Hall–Kier alpha value is -0.160. The van der Waals surface area contributed by atoms with E-state index in [9.17, 15) is 10.4 Å². The molecule has 2 rings (SSSR count). The van der Waals surface area contributed by atoms with Crippen molar-refractivity contribution in [2.75, 3.05) is 0 Å². The van der Waals surface area contributed by atoms with Crippen molar-refractivity contribution in [3.8, 4) is 0 Å². The second-order valence-corrected chi connectivity index (χ2v) is 6.00. The van der Waals surface area contributed by atoms with Gasteiger partial charge in [-0.3, -0.25) is 0 Å². The van der Waals surface area contributed by atoms with Crippen LogP contribution in [0.5, 0.6) is 0 Å². The Balaban J connectivity index is 1.92. The minimum absolute atomic E-state index is 0.113. The van der Waals surface area contributed by atoms with Crippen molar-refractivity contribution >= 4 is 0 Å². The molecule has 100 valence electrons. The molecule has 2 unspecified atom stereocenters. The molecule has 0 aromatic rings. The summed E-state index contributed by atoms with van der Waals surface area (Å²) in [6.07, 6.45) is 7.66. The normalized spacial score (nSPS) is 40.8. The number of rotatable bonds is 2. The average molecular weight is 242 g/mol. The van der Waals surface area contributed by atoms with Crippen LogP contribution < -0.4 is 5.06 Å². The molecule has 1 aliphatic heterocycles. The van der Waals surface area contributed by atoms with Gasteiger partial charge in [-0.2, -0.15) is 5.06 Å². The van der Waals surface area contributed by atoms with Crippen molar-refractivity contribution in [2.45, 2.75) is 83.0 Å². The van der Waals surface area contributed by atoms with Gasteiger partial charge in [-0.1, -0.05) is 19.3 Å². The monoisotopic (exact) mass is 242 g/mol. The number of quaternary nitrogens is 1. The second kappa shape index (κ2) is 5.65. The van der Waals surface area contributed by atoms with E-state index in [1.165, 1.54) is 19.3 Å². The third kappa shape index (κ3) is 2.99. The Kier molecular flexibility index (Phi) is 4.42. The lowest BCUT2D eigenvalue weighted by Gasteiger charge is -2.45. The maximum absolute atomic E-state index is 11.8. The molecule has 0 radical (unpaired) electrons. The van der Waals surface area contributed by atoms with Gasteiger partial charge in [-0.15, -0.1) is 0 Å². The maximum Gasteiger partial charge on any atom is 0.0861 e. The molecule has 17 heavy (non-hydrogen) atoms. The minimum atomic E-state index is 0.113. The highest BCUT2D eigenvalue weighted by molar-refractivity contribution is 4.81. The maximum atomic E-state index is 11.8. The SMILES string of the molecule is CC1CC(N(O)C2CCCCC2)CC(C)[NH+]1[O-]. The van der Waals surface area contributed by atoms with Gasteiger partial charge in [-0.25, -0.2) is 0 Å². The molecule has 2 atom stereocenters. The Labute approximate surface area is 104 Å². The van der Waals surface area contributed by atoms with Gasteiger partial charge in [0.05, 0.1) is 12.1 Å². The summed E-state index contributed by atoms with van der Waals surface area (Å²) in [5, 5.41) is 24.1. The van der Waals surface area contributed by atoms with Gasteiger partial charge in [0.2, 0.25) is 0 Å². The zero-order valence-corrected chi connectivity index (χ0v) is 11.1. The summed E-state index contributed by atoms with van der Waals surface area (Å²) in [6.45, 7) is 4.00. The molecule has 2 fully saturated rings. The third-order valence-electron chi connectivity index (χ3n) is 4.55. The molecule has 4 nitrogen and oxygen atoms in total. The van der Waals surface area contributed by atoms with Gasteiger partial charge >= 0.3 is 0 Å². The molecule has 0 aromatic carbocycles. The first-order valence-electron chi connectivity index (χ1n) is 7.10. The molecule has 0 aromatic heterocycles. The van der Waals surface area contributed by atoms with E-state index in [1.54, 1.807) is 5.06 Å². The van der Waals surface area contributed by atoms with Crippen LogP contribution >= 0.6 is 0 Å². The molecule has 4 heteroatoms. The largest absolute Gasteiger partial charge is 0.634 e. The minimum Gasteiger partial charge on any atom is -0.634 e. The Morgan fingerprint density at radius 1 is 1.00 bits per heavy atom. The van der Waals surface area contributed by atoms with Crippen molar-refractivity contribution in [1.29, 1.82) is 0 Å². The molecule has 2 aliphatic rings. The Morgan fingerprint density at radius 2 is 1.53 bits per heavy atom. The average Bonchev–Trinajstić information content (AvgIpc) is 2.35. The van der Waals surface area contributed by atoms with E-state index in [2.05, 4.69) is 0 Å². The van der Waals surface area contributed by atoms with E-state index < -0.39 is 0 Å². The molecule has 1 saturated heterocycles. The molecule has 1 heterocycles. The number of piperidine rings is 1. The molecule has 0 amide bonds. The van der Waals surface area contributed by atoms with Gasteiger partial charge in [0.1, 0.15) is 0 Å². The lowest BCUT2D eigenvalue weighted by molar-refractivity contribution is -0.904. The number of nitrogens with zero attached hydrogens (tertiary/aromatic N) is 1. The lowest BCUT2D eigenvalue weighted by Crippen LogP contribution is -3.15. The number of nitrogens with one attached hydrogen (secondary N) is 1. The Bertz CT molecular complexity index is 232. The van der Waals surface area contributed by atoms with Gasteiger partial charge in [0.25, 0.3) is 0 Å². The first kappa shape index (κ1) is 13.3. The molecule has 2 N–H and O–H groups in total. The number of hydroxylamine groups is 4. The summed E-state index contributed by atoms with van der Waals surface area (Å²) in [4.78, 5) is 0. The van der Waals surface area contributed by atoms with Gasteiger partial charge in [0.15, 0.2) is 0 Å². The summed E-state index contributed by atoms with van der Waals surface area (Å²) in [6, 6.07) is 0.756. The molecule has 1 aliphatic carbocycles. The van der Waals surface area contributed by atoms with Crippen LogP contribution in [-0.2, 0) is 0 Å². The van der Waals surface area contributed by atoms with Crippen molar-refractivity contribution in [3.05, 3.63) is 5.21 Å². The van der Waals surface area contributed by atoms with Crippen molar-refractivity contribution in [3.63, 3.8) is 0 Å². The zero-order chi connectivity index (χ0) is 12.4. The predicted octanol–water partition coefficient (Wildman–Crippen LogP) is 1.33. The first-order chi connectivity index (χ1) is 8.09. The number of hydrogen-bond acceptors (Lipinski definition) is 3. The quantitative estimate of drug-likeness (QED) is 0.567. The summed E-state index contributed by atoms with van der Waals surface area (Å²) in [5.41, 5.74) is 0. The van der Waals surface area contributed by atoms with Crippen LogP contribution in [0.4, 0.5) is 0 Å². The van der Waals surface area contributed by atoms with Crippen LogP contribution in [0.1, 0.15) is 58.8 Å². The summed E-state index contributed by atoms with van der Waals surface area (Å²) in [5.74, 6) is 0. The van der Waals surface area contributed by atoms with Crippen LogP contribution in [0, 0.1) is 5.21 Å².